The van der Waals surface area contributed by atoms with Crippen molar-refractivity contribution in [1.82, 2.24) is 4.90 Å². The van der Waals surface area contributed by atoms with Gasteiger partial charge in [-0.2, -0.15) is 4.99 Å². The van der Waals surface area contributed by atoms with Gasteiger partial charge in [0.2, 0.25) is 0 Å². The molecule has 2 heterocycles. The molecular weight excluding hydrogens is 328 g/mol. The summed E-state index contributed by atoms with van der Waals surface area (Å²) in [7, 11) is 1.49. The summed E-state index contributed by atoms with van der Waals surface area (Å²) in [6.45, 7) is 5.44. The third-order valence-electron chi connectivity index (χ3n) is 3.84. The summed E-state index contributed by atoms with van der Waals surface area (Å²) in [6, 6.07) is 5.16. The van der Waals surface area contributed by atoms with Crippen LogP contribution >= 0.6 is 11.8 Å². The van der Waals surface area contributed by atoms with E-state index in [1.165, 1.54) is 18.9 Å². The Kier molecular flexibility index (Phi) is 4.82. The molecule has 1 aromatic carbocycles. The Bertz CT molecular complexity index is 707. The second-order valence-corrected chi connectivity index (χ2v) is 6.88. The van der Waals surface area contributed by atoms with Gasteiger partial charge >= 0.3 is 0 Å². The van der Waals surface area contributed by atoms with E-state index >= 15 is 0 Å². The number of benzene rings is 1. The van der Waals surface area contributed by atoms with E-state index in [2.05, 4.69) is 9.89 Å². The molecule has 7 heteroatoms. The number of phenolic OH excluding ortho intramolecular Hbond substituents is 1. The summed E-state index contributed by atoms with van der Waals surface area (Å²) < 4.78 is 10.8. The molecule has 1 amide bonds. The molecule has 6 nitrogen and oxygen atoms in total. The van der Waals surface area contributed by atoms with Gasteiger partial charge in [0.05, 0.1) is 24.2 Å². The molecule has 0 aliphatic carbocycles. The molecule has 2 atom stereocenters. The van der Waals surface area contributed by atoms with Crippen LogP contribution in [0.4, 0.5) is 0 Å². The number of thioether (sulfide) groups is 1. The molecule has 2 aliphatic heterocycles. The maximum Gasteiger partial charge on any atom is 0.286 e. The molecule has 3 rings (SSSR count). The highest BCUT2D eigenvalue weighted by Gasteiger charge is 2.31. The van der Waals surface area contributed by atoms with E-state index in [-0.39, 0.29) is 23.9 Å². The highest BCUT2D eigenvalue weighted by Crippen LogP contribution is 2.36. The smallest absolute Gasteiger partial charge is 0.286 e. The molecule has 1 fully saturated rings. The molecule has 1 N–H and O–H groups in total. The molecular formula is C17H20N2O4S. The van der Waals surface area contributed by atoms with E-state index in [1.807, 2.05) is 13.8 Å². The number of hydrogen-bond donors (Lipinski definition) is 1. The maximum atomic E-state index is 12.2. The number of morpholine rings is 1. The molecule has 24 heavy (non-hydrogen) atoms. The lowest BCUT2D eigenvalue weighted by molar-refractivity contribution is -0.113. The Hall–Kier alpha value is -1.99. The third kappa shape index (κ3) is 3.42. The fraction of sp³-hybridized carbons (Fsp3) is 0.412. The van der Waals surface area contributed by atoms with Crippen LogP contribution in [-0.4, -0.2) is 53.5 Å². The molecule has 0 radical (unpaired) electrons. The first kappa shape index (κ1) is 16.9. The monoisotopic (exact) mass is 348 g/mol. The molecule has 0 spiro atoms. The molecule has 1 aromatic rings. The highest BCUT2D eigenvalue weighted by atomic mass is 32.2. The average molecular weight is 348 g/mol. The van der Waals surface area contributed by atoms with E-state index in [4.69, 9.17) is 9.47 Å². The fourth-order valence-corrected chi connectivity index (χ4v) is 3.75. The summed E-state index contributed by atoms with van der Waals surface area (Å²) in [6.07, 6.45) is 1.85. The number of para-hydroxylation sites is 1. The molecule has 1 saturated heterocycles. The Morgan fingerprint density at radius 3 is 2.75 bits per heavy atom. The number of nitrogens with zero attached hydrogens (tertiary/aromatic N) is 2. The van der Waals surface area contributed by atoms with Crippen molar-refractivity contribution >= 4 is 28.9 Å². The molecule has 0 saturated carbocycles. The molecule has 2 unspecified atom stereocenters. The van der Waals surface area contributed by atoms with Crippen molar-refractivity contribution in [2.45, 2.75) is 26.1 Å². The fourth-order valence-electron chi connectivity index (χ4n) is 2.83. The maximum absolute atomic E-state index is 12.2. The zero-order chi connectivity index (χ0) is 17.3. The van der Waals surface area contributed by atoms with Gasteiger partial charge in [0.1, 0.15) is 0 Å². The van der Waals surface area contributed by atoms with Crippen molar-refractivity contribution < 1.29 is 19.4 Å². The predicted octanol–water partition coefficient (Wildman–Crippen LogP) is 2.48. The first-order valence-electron chi connectivity index (χ1n) is 7.77. The minimum absolute atomic E-state index is 0.0166. The number of amidine groups is 1. The van der Waals surface area contributed by atoms with Crippen LogP contribution in [0.5, 0.6) is 11.5 Å². The lowest BCUT2D eigenvalue weighted by atomic mass is 10.1. The van der Waals surface area contributed by atoms with Gasteiger partial charge < -0.3 is 19.5 Å². The summed E-state index contributed by atoms with van der Waals surface area (Å²) in [5, 5.41) is 10.9. The van der Waals surface area contributed by atoms with Crippen molar-refractivity contribution in [1.29, 1.82) is 0 Å². The lowest BCUT2D eigenvalue weighted by Gasteiger charge is -2.35. The second kappa shape index (κ2) is 6.86. The number of methoxy groups -OCH3 is 1. The summed E-state index contributed by atoms with van der Waals surface area (Å²) in [5.41, 5.74) is 0.533. The summed E-state index contributed by atoms with van der Waals surface area (Å²) in [5.74, 6) is 0.101. The molecule has 0 bridgehead atoms. The predicted molar refractivity (Wildman–Crippen MR) is 94.3 cm³/mol. The van der Waals surface area contributed by atoms with Crippen LogP contribution < -0.4 is 4.74 Å². The number of carbonyl (C=O) groups excluding carboxylic acids is 1. The van der Waals surface area contributed by atoms with E-state index < -0.39 is 0 Å². The van der Waals surface area contributed by atoms with Crippen LogP contribution in [0.1, 0.15) is 19.4 Å². The van der Waals surface area contributed by atoms with Gasteiger partial charge in [0.15, 0.2) is 16.7 Å². The SMILES string of the molecule is COc1cccc(C=C2SC(N3CC(C)OC(C)C3)=NC2=O)c1O. The van der Waals surface area contributed by atoms with Gasteiger partial charge in [0.25, 0.3) is 5.91 Å². The van der Waals surface area contributed by atoms with Crippen molar-refractivity contribution in [2.24, 2.45) is 4.99 Å². The lowest BCUT2D eigenvalue weighted by Crippen LogP contribution is -2.47. The molecule has 0 aromatic heterocycles. The topological polar surface area (TPSA) is 71.4 Å². The second-order valence-electron chi connectivity index (χ2n) is 5.87. The van der Waals surface area contributed by atoms with Crippen LogP contribution in [0.15, 0.2) is 28.1 Å². The van der Waals surface area contributed by atoms with Crippen LogP contribution in [0.3, 0.4) is 0 Å². The zero-order valence-corrected chi connectivity index (χ0v) is 14.7. The van der Waals surface area contributed by atoms with Gasteiger partial charge in [0, 0.05) is 18.7 Å². The van der Waals surface area contributed by atoms with Crippen molar-refractivity contribution in [2.75, 3.05) is 20.2 Å². The van der Waals surface area contributed by atoms with Crippen LogP contribution in [0.2, 0.25) is 0 Å². The van der Waals surface area contributed by atoms with Gasteiger partial charge in [-0.1, -0.05) is 12.1 Å². The third-order valence-corrected chi connectivity index (χ3v) is 4.88. The average Bonchev–Trinajstić information content (AvgIpc) is 2.89. The minimum atomic E-state index is -0.288. The molecule has 2 aliphatic rings. The Morgan fingerprint density at radius 1 is 1.38 bits per heavy atom. The first-order valence-corrected chi connectivity index (χ1v) is 8.58. The summed E-state index contributed by atoms with van der Waals surface area (Å²) in [4.78, 5) is 18.9. The van der Waals surface area contributed by atoms with Gasteiger partial charge in [-0.15, -0.1) is 0 Å². The summed E-state index contributed by atoms with van der Waals surface area (Å²) >= 11 is 1.33. The minimum Gasteiger partial charge on any atom is -0.504 e. The highest BCUT2D eigenvalue weighted by molar-refractivity contribution is 8.18. The normalized spacial score (nSPS) is 26.0. The Balaban J connectivity index is 1.80. The van der Waals surface area contributed by atoms with Crippen LogP contribution in [-0.2, 0) is 9.53 Å². The number of aliphatic imine (C=N–C) groups is 1. The van der Waals surface area contributed by atoms with Crippen LogP contribution in [0, 0.1) is 0 Å². The number of ether oxygens (including phenoxy) is 2. The standard InChI is InChI=1S/C17H20N2O4S/c1-10-8-19(9-11(2)23-10)17-18-16(21)14(24-17)7-12-5-4-6-13(22-3)15(12)20/h4-7,10-11,20H,8-9H2,1-3H3. The van der Waals surface area contributed by atoms with Crippen LogP contribution in [0.25, 0.3) is 6.08 Å². The van der Waals surface area contributed by atoms with E-state index in [0.29, 0.717) is 34.5 Å². The number of phenols is 1. The van der Waals surface area contributed by atoms with E-state index in [1.54, 1.807) is 24.3 Å². The number of amides is 1. The molecule has 128 valence electrons. The van der Waals surface area contributed by atoms with Gasteiger partial charge in [-0.25, -0.2) is 0 Å². The van der Waals surface area contributed by atoms with Crippen molar-refractivity contribution in [3.05, 3.63) is 28.7 Å². The van der Waals surface area contributed by atoms with Gasteiger partial charge in [-0.05, 0) is 37.8 Å². The number of carbonyl (C=O) groups is 1. The van der Waals surface area contributed by atoms with Crippen molar-refractivity contribution in [3.63, 3.8) is 0 Å². The largest absolute Gasteiger partial charge is 0.504 e. The Labute approximate surface area is 145 Å². The Morgan fingerprint density at radius 2 is 2.08 bits per heavy atom. The van der Waals surface area contributed by atoms with Crippen molar-refractivity contribution in [3.8, 4) is 11.5 Å². The number of rotatable bonds is 2. The zero-order valence-electron chi connectivity index (χ0n) is 13.9. The van der Waals surface area contributed by atoms with E-state index in [9.17, 15) is 9.90 Å². The first-order chi connectivity index (χ1) is 11.5. The number of hydrogen-bond acceptors (Lipinski definition) is 6. The number of aromatic hydroxyl groups is 1. The van der Waals surface area contributed by atoms with E-state index in [0.717, 1.165) is 0 Å². The van der Waals surface area contributed by atoms with Gasteiger partial charge in [-0.3, -0.25) is 4.79 Å². The quantitative estimate of drug-likeness (QED) is 0.828.